The molecule has 3 nitrogen and oxygen atoms in total. The van der Waals surface area contributed by atoms with Crippen LogP contribution in [0, 0.1) is 5.92 Å². The summed E-state index contributed by atoms with van der Waals surface area (Å²) in [7, 11) is 0. The molecule has 3 rings (SSSR count). The van der Waals surface area contributed by atoms with Gasteiger partial charge in [0.15, 0.2) is 0 Å². The first-order valence-corrected chi connectivity index (χ1v) is 9.21. The molecule has 1 heterocycles. The van der Waals surface area contributed by atoms with E-state index >= 15 is 0 Å². The van der Waals surface area contributed by atoms with Gasteiger partial charge in [0.1, 0.15) is 0 Å². The SMILES string of the molecule is CSc1ccc(C(=O)NCC2CCN(c3ccccc3)C2)cc1. The van der Waals surface area contributed by atoms with Crippen molar-refractivity contribution in [1.82, 2.24) is 5.32 Å². The molecule has 2 aromatic carbocycles. The van der Waals surface area contributed by atoms with Crippen LogP contribution < -0.4 is 10.2 Å². The van der Waals surface area contributed by atoms with Crippen molar-refractivity contribution in [2.75, 3.05) is 30.8 Å². The smallest absolute Gasteiger partial charge is 0.251 e. The Hall–Kier alpha value is -1.94. The van der Waals surface area contributed by atoms with Gasteiger partial charge in [-0.05, 0) is 55.0 Å². The second-order valence-corrected chi connectivity index (χ2v) is 6.75. The Labute approximate surface area is 142 Å². The van der Waals surface area contributed by atoms with Crippen LogP contribution in [0.4, 0.5) is 5.69 Å². The van der Waals surface area contributed by atoms with Crippen molar-refractivity contribution < 1.29 is 4.79 Å². The van der Waals surface area contributed by atoms with Crippen LogP contribution in [0.3, 0.4) is 0 Å². The topological polar surface area (TPSA) is 32.3 Å². The highest BCUT2D eigenvalue weighted by molar-refractivity contribution is 7.98. The molecule has 1 N–H and O–H groups in total. The lowest BCUT2D eigenvalue weighted by Gasteiger charge is -2.18. The highest BCUT2D eigenvalue weighted by Crippen LogP contribution is 2.23. The quantitative estimate of drug-likeness (QED) is 0.851. The summed E-state index contributed by atoms with van der Waals surface area (Å²) in [6.45, 7) is 2.81. The van der Waals surface area contributed by atoms with E-state index in [9.17, 15) is 4.79 Å². The fraction of sp³-hybridized carbons (Fsp3) is 0.316. The lowest BCUT2D eigenvalue weighted by atomic mass is 10.1. The monoisotopic (exact) mass is 326 g/mol. The number of thioether (sulfide) groups is 1. The number of anilines is 1. The van der Waals surface area contributed by atoms with Gasteiger partial charge in [0.2, 0.25) is 0 Å². The molecule has 1 aliphatic heterocycles. The maximum absolute atomic E-state index is 12.2. The number of para-hydroxylation sites is 1. The van der Waals surface area contributed by atoms with Gasteiger partial charge in [-0.1, -0.05) is 18.2 Å². The molecular weight excluding hydrogens is 304 g/mol. The summed E-state index contributed by atoms with van der Waals surface area (Å²) < 4.78 is 0. The van der Waals surface area contributed by atoms with Gasteiger partial charge in [-0.2, -0.15) is 0 Å². The molecule has 23 heavy (non-hydrogen) atoms. The third-order valence-electron chi connectivity index (χ3n) is 4.31. The minimum Gasteiger partial charge on any atom is -0.371 e. The number of hydrogen-bond donors (Lipinski definition) is 1. The van der Waals surface area contributed by atoms with Crippen LogP contribution >= 0.6 is 11.8 Å². The van der Waals surface area contributed by atoms with E-state index in [0.29, 0.717) is 5.92 Å². The molecule has 120 valence electrons. The van der Waals surface area contributed by atoms with Gasteiger partial charge in [-0.15, -0.1) is 11.8 Å². The molecule has 1 atom stereocenters. The van der Waals surface area contributed by atoms with E-state index in [1.54, 1.807) is 11.8 Å². The van der Waals surface area contributed by atoms with Gasteiger partial charge in [-0.3, -0.25) is 4.79 Å². The van der Waals surface area contributed by atoms with Crippen molar-refractivity contribution in [2.45, 2.75) is 11.3 Å². The zero-order valence-corrected chi connectivity index (χ0v) is 14.2. The number of nitrogens with one attached hydrogen (secondary N) is 1. The molecule has 0 aliphatic carbocycles. The van der Waals surface area contributed by atoms with Crippen LogP contribution in [0.25, 0.3) is 0 Å². The normalized spacial score (nSPS) is 17.3. The molecule has 0 bridgehead atoms. The van der Waals surface area contributed by atoms with Crippen LogP contribution in [0.5, 0.6) is 0 Å². The van der Waals surface area contributed by atoms with E-state index in [2.05, 4.69) is 34.5 Å². The first kappa shape index (κ1) is 15.9. The standard InChI is InChI=1S/C19H22N2OS/c1-23-18-9-7-16(8-10-18)19(22)20-13-15-11-12-21(14-15)17-5-3-2-4-6-17/h2-10,15H,11-14H2,1H3,(H,20,22). The van der Waals surface area contributed by atoms with Crippen molar-refractivity contribution in [2.24, 2.45) is 5.92 Å². The predicted molar refractivity (Wildman–Crippen MR) is 97.3 cm³/mol. The van der Waals surface area contributed by atoms with Crippen LogP contribution in [0.15, 0.2) is 59.5 Å². The number of carbonyl (C=O) groups is 1. The van der Waals surface area contributed by atoms with Crippen molar-refractivity contribution in [3.8, 4) is 0 Å². The highest BCUT2D eigenvalue weighted by atomic mass is 32.2. The Balaban J connectivity index is 1.50. The molecule has 1 aliphatic rings. The van der Waals surface area contributed by atoms with Gasteiger partial charge in [0.05, 0.1) is 0 Å². The molecule has 1 amide bonds. The van der Waals surface area contributed by atoms with E-state index in [4.69, 9.17) is 0 Å². The molecule has 0 radical (unpaired) electrons. The van der Waals surface area contributed by atoms with Crippen LogP contribution in [0.2, 0.25) is 0 Å². The predicted octanol–water partition coefficient (Wildman–Crippen LogP) is 3.66. The summed E-state index contributed by atoms with van der Waals surface area (Å²) in [6.07, 6.45) is 3.16. The minimum absolute atomic E-state index is 0.0239. The fourth-order valence-corrected chi connectivity index (χ4v) is 3.36. The third-order valence-corrected chi connectivity index (χ3v) is 5.05. The zero-order valence-electron chi connectivity index (χ0n) is 13.4. The van der Waals surface area contributed by atoms with Crippen molar-refractivity contribution in [3.63, 3.8) is 0 Å². The summed E-state index contributed by atoms with van der Waals surface area (Å²) in [5.41, 5.74) is 2.01. The maximum Gasteiger partial charge on any atom is 0.251 e. The van der Waals surface area contributed by atoms with E-state index in [0.717, 1.165) is 31.6 Å². The first-order chi connectivity index (χ1) is 11.3. The average molecular weight is 326 g/mol. The first-order valence-electron chi connectivity index (χ1n) is 7.98. The molecule has 0 spiro atoms. The van der Waals surface area contributed by atoms with Gasteiger partial charge < -0.3 is 10.2 Å². The van der Waals surface area contributed by atoms with Gasteiger partial charge in [0.25, 0.3) is 5.91 Å². The number of nitrogens with zero attached hydrogens (tertiary/aromatic N) is 1. The van der Waals surface area contributed by atoms with Gasteiger partial charge >= 0.3 is 0 Å². The Morgan fingerprint density at radius 2 is 1.91 bits per heavy atom. The van der Waals surface area contributed by atoms with E-state index in [-0.39, 0.29) is 5.91 Å². The summed E-state index contributed by atoms with van der Waals surface area (Å²) in [4.78, 5) is 15.8. The maximum atomic E-state index is 12.2. The van der Waals surface area contributed by atoms with Crippen molar-refractivity contribution >= 4 is 23.4 Å². The lowest BCUT2D eigenvalue weighted by Crippen LogP contribution is -2.31. The minimum atomic E-state index is 0.0239. The highest BCUT2D eigenvalue weighted by Gasteiger charge is 2.23. The van der Waals surface area contributed by atoms with Gasteiger partial charge in [0, 0.05) is 35.8 Å². The second kappa shape index (κ2) is 7.55. The summed E-state index contributed by atoms with van der Waals surface area (Å²) in [5.74, 6) is 0.542. The van der Waals surface area contributed by atoms with Crippen LogP contribution in [-0.2, 0) is 0 Å². The molecule has 2 aromatic rings. The summed E-state index contributed by atoms with van der Waals surface area (Å²) >= 11 is 1.68. The van der Waals surface area contributed by atoms with E-state index in [1.165, 1.54) is 10.6 Å². The Morgan fingerprint density at radius 3 is 2.61 bits per heavy atom. The number of carbonyl (C=O) groups excluding carboxylic acids is 1. The second-order valence-electron chi connectivity index (χ2n) is 5.87. The molecule has 0 aromatic heterocycles. The van der Waals surface area contributed by atoms with E-state index < -0.39 is 0 Å². The van der Waals surface area contributed by atoms with Crippen LogP contribution in [0.1, 0.15) is 16.8 Å². The number of rotatable bonds is 5. The van der Waals surface area contributed by atoms with Crippen molar-refractivity contribution in [1.29, 1.82) is 0 Å². The Morgan fingerprint density at radius 1 is 1.17 bits per heavy atom. The largest absolute Gasteiger partial charge is 0.371 e. The van der Waals surface area contributed by atoms with Gasteiger partial charge in [-0.25, -0.2) is 0 Å². The lowest BCUT2D eigenvalue weighted by molar-refractivity contribution is 0.0948. The molecule has 1 unspecified atom stereocenters. The third kappa shape index (κ3) is 4.08. The number of hydrogen-bond acceptors (Lipinski definition) is 3. The molecular formula is C19H22N2OS. The Bertz CT molecular complexity index is 642. The fourth-order valence-electron chi connectivity index (χ4n) is 2.95. The molecule has 1 saturated heterocycles. The average Bonchev–Trinajstić information content (AvgIpc) is 3.09. The molecule has 1 fully saturated rings. The van der Waals surface area contributed by atoms with Crippen molar-refractivity contribution in [3.05, 3.63) is 60.2 Å². The molecule has 4 heteroatoms. The van der Waals surface area contributed by atoms with Crippen LogP contribution in [-0.4, -0.2) is 31.8 Å². The summed E-state index contributed by atoms with van der Waals surface area (Å²) in [6, 6.07) is 18.3. The molecule has 0 saturated carbocycles. The number of amides is 1. The number of benzene rings is 2. The van der Waals surface area contributed by atoms with E-state index in [1.807, 2.05) is 36.6 Å². The summed E-state index contributed by atoms with van der Waals surface area (Å²) in [5, 5.41) is 3.08. The Kier molecular flexibility index (Phi) is 5.23. The zero-order chi connectivity index (χ0) is 16.1.